The third kappa shape index (κ3) is 4.05. The van der Waals surface area contributed by atoms with Crippen molar-refractivity contribution in [3.05, 3.63) is 18.2 Å². The van der Waals surface area contributed by atoms with Crippen LogP contribution in [-0.2, 0) is 22.1 Å². The summed E-state index contributed by atoms with van der Waals surface area (Å²) in [6, 6.07) is 0. The molecule has 1 atom stereocenters. The molecule has 6 heteroatoms. The molecule has 1 saturated heterocycles. The van der Waals surface area contributed by atoms with Crippen LogP contribution >= 0.6 is 0 Å². The summed E-state index contributed by atoms with van der Waals surface area (Å²) in [5.74, 6) is 1.44. The largest absolute Gasteiger partial charge is 0.446 e. The van der Waals surface area contributed by atoms with Crippen LogP contribution < -0.4 is 0 Å². The van der Waals surface area contributed by atoms with E-state index in [0.717, 1.165) is 25.1 Å². The number of imidazole rings is 1. The zero-order valence-corrected chi connectivity index (χ0v) is 14.9. The first-order valence-electron chi connectivity index (χ1n) is 8.36. The standard InChI is InChI=1S/C17H29N3O3/c1-13(2)12-14(3)23-16(21)20-9-6-17(22-5,7-10-20)15-18-8-11-19(15)4/h8,11,13-14H,6-7,9-10,12H2,1-5H3. The van der Waals surface area contributed by atoms with Gasteiger partial charge < -0.3 is 18.9 Å². The highest BCUT2D eigenvalue weighted by molar-refractivity contribution is 5.68. The van der Waals surface area contributed by atoms with Crippen molar-refractivity contribution in [3.63, 3.8) is 0 Å². The number of aryl methyl sites for hydroxylation is 1. The number of amides is 1. The SMILES string of the molecule is COC1(c2nccn2C)CCN(C(=O)OC(C)CC(C)C)CC1. The van der Waals surface area contributed by atoms with Crippen LogP contribution in [-0.4, -0.2) is 46.8 Å². The van der Waals surface area contributed by atoms with Gasteiger partial charge in [-0.1, -0.05) is 13.8 Å². The van der Waals surface area contributed by atoms with Crippen molar-refractivity contribution in [2.75, 3.05) is 20.2 Å². The van der Waals surface area contributed by atoms with E-state index in [1.807, 2.05) is 24.7 Å². The lowest BCUT2D eigenvalue weighted by Gasteiger charge is -2.40. The second-order valence-corrected chi connectivity index (χ2v) is 6.87. The molecule has 0 aromatic carbocycles. The lowest BCUT2D eigenvalue weighted by molar-refractivity contribution is -0.0696. The highest BCUT2D eigenvalue weighted by atomic mass is 16.6. The topological polar surface area (TPSA) is 56.6 Å². The summed E-state index contributed by atoms with van der Waals surface area (Å²) < 4.78 is 13.3. The molecular weight excluding hydrogens is 294 g/mol. The van der Waals surface area contributed by atoms with Crippen molar-refractivity contribution in [3.8, 4) is 0 Å². The number of hydrogen-bond acceptors (Lipinski definition) is 4. The van der Waals surface area contributed by atoms with Crippen molar-refractivity contribution in [2.45, 2.75) is 51.7 Å². The van der Waals surface area contributed by atoms with E-state index in [4.69, 9.17) is 9.47 Å². The minimum Gasteiger partial charge on any atom is -0.446 e. The van der Waals surface area contributed by atoms with Gasteiger partial charge in [0.2, 0.25) is 0 Å². The number of hydrogen-bond donors (Lipinski definition) is 0. The third-order valence-electron chi connectivity index (χ3n) is 4.55. The average molecular weight is 323 g/mol. The molecule has 0 radical (unpaired) electrons. The van der Waals surface area contributed by atoms with Gasteiger partial charge in [0.15, 0.2) is 0 Å². The molecule has 0 bridgehead atoms. The Balaban J connectivity index is 1.95. The van der Waals surface area contributed by atoms with Gasteiger partial charge in [-0.25, -0.2) is 9.78 Å². The molecule has 1 aromatic heterocycles. The first kappa shape index (κ1) is 17.8. The lowest BCUT2D eigenvalue weighted by Crippen LogP contribution is -2.47. The van der Waals surface area contributed by atoms with Crippen molar-refractivity contribution < 1.29 is 14.3 Å². The van der Waals surface area contributed by atoms with Crippen LogP contribution in [0.4, 0.5) is 4.79 Å². The van der Waals surface area contributed by atoms with Crippen LogP contribution in [0.2, 0.25) is 0 Å². The summed E-state index contributed by atoms with van der Waals surface area (Å²) in [5, 5.41) is 0. The quantitative estimate of drug-likeness (QED) is 0.836. The highest BCUT2D eigenvalue weighted by Crippen LogP contribution is 2.35. The molecule has 1 aromatic rings. The third-order valence-corrected chi connectivity index (χ3v) is 4.55. The molecule has 1 aliphatic rings. The van der Waals surface area contributed by atoms with E-state index >= 15 is 0 Å². The van der Waals surface area contributed by atoms with Gasteiger partial charge in [0.25, 0.3) is 0 Å². The lowest BCUT2D eigenvalue weighted by atomic mass is 9.90. The number of nitrogens with zero attached hydrogens (tertiary/aromatic N) is 3. The number of piperidine rings is 1. The van der Waals surface area contributed by atoms with E-state index in [9.17, 15) is 4.79 Å². The molecule has 1 amide bonds. The second kappa shape index (κ2) is 7.34. The minimum absolute atomic E-state index is 0.0499. The summed E-state index contributed by atoms with van der Waals surface area (Å²) in [6.07, 6.45) is 5.77. The molecule has 0 aliphatic carbocycles. The van der Waals surface area contributed by atoms with Crippen LogP contribution in [0.25, 0.3) is 0 Å². The van der Waals surface area contributed by atoms with Crippen molar-refractivity contribution in [1.82, 2.24) is 14.5 Å². The van der Waals surface area contributed by atoms with Crippen LogP contribution in [0, 0.1) is 5.92 Å². The fraction of sp³-hybridized carbons (Fsp3) is 0.765. The summed E-state index contributed by atoms with van der Waals surface area (Å²) in [4.78, 5) is 18.5. The molecule has 6 nitrogen and oxygen atoms in total. The van der Waals surface area contributed by atoms with E-state index in [1.54, 1.807) is 18.2 Å². The molecule has 130 valence electrons. The van der Waals surface area contributed by atoms with Gasteiger partial charge in [0, 0.05) is 52.5 Å². The monoisotopic (exact) mass is 323 g/mol. The van der Waals surface area contributed by atoms with E-state index in [0.29, 0.717) is 19.0 Å². The van der Waals surface area contributed by atoms with E-state index in [2.05, 4.69) is 18.8 Å². The van der Waals surface area contributed by atoms with Crippen LogP contribution in [0.1, 0.15) is 45.9 Å². The molecule has 23 heavy (non-hydrogen) atoms. The van der Waals surface area contributed by atoms with Crippen LogP contribution in [0.3, 0.4) is 0 Å². The van der Waals surface area contributed by atoms with E-state index < -0.39 is 5.60 Å². The predicted octanol–water partition coefficient (Wildman–Crippen LogP) is 2.93. The number of carbonyl (C=O) groups is 1. The summed E-state index contributed by atoms with van der Waals surface area (Å²) in [5.41, 5.74) is -0.418. The van der Waals surface area contributed by atoms with Gasteiger partial charge in [0.1, 0.15) is 17.5 Å². The molecule has 0 N–H and O–H groups in total. The molecular formula is C17H29N3O3. The Morgan fingerprint density at radius 2 is 2.00 bits per heavy atom. The summed E-state index contributed by atoms with van der Waals surface area (Å²) in [6.45, 7) is 7.45. The minimum atomic E-state index is -0.418. The van der Waals surface area contributed by atoms with Crippen LogP contribution in [0.5, 0.6) is 0 Å². The first-order chi connectivity index (χ1) is 10.9. The molecule has 1 unspecified atom stereocenters. The Labute approximate surface area is 138 Å². The average Bonchev–Trinajstić information content (AvgIpc) is 2.93. The molecule has 0 saturated carbocycles. The Kier molecular flexibility index (Phi) is 5.68. The number of carbonyl (C=O) groups excluding carboxylic acids is 1. The zero-order valence-electron chi connectivity index (χ0n) is 14.9. The van der Waals surface area contributed by atoms with E-state index in [-0.39, 0.29) is 12.2 Å². The number of rotatable bonds is 5. The van der Waals surface area contributed by atoms with Gasteiger partial charge in [-0.05, 0) is 19.3 Å². The molecule has 1 fully saturated rings. The molecule has 0 spiro atoms. The molecule has 1 aliphatic heterocycles. The summed E-state index contributed by atoms with van der Waals surface area (Å²) in [7, 11) is 3.69. The smallest absolute Gasteiger partial charge is 0.410 e. The Morgan fingerprint density at radius 1 is 1.35 bits per heavy atom. The normalized spacial score (nSPS) is 19.0. The maximum absolute atomic E-state index is 12.3. The number of aromatic nitrogens is 2. The van der Waals surface area contributed by atoms with Gasteiger partial charge in [-0.3, -0.25) is 0 Å². The fourth-order valence-corrected chi connectivity index (χ4v) is 3.33. The van der Waals surface area contributed by atoms with Gasteiger partial charge in [-0.15, -0.1) is 0 Å². The highest BCUT2D eigenvalue weighted by Gasteiger charge is 2.41. The maximum atomic E-state index is 12.3. The first-order valence-corrected chi connectivity index (χ1v) is 8.36. The van der Waals surface area contributed by atoms with E-state index in [1.165, 1.54) is 0 Å². The number of methoxy groups -OCH3 is 1. The van der Waals surface area contributed by atoms with Gasteiger partial charge >= 0.3 is 6.09 Å². The zero-order chi connectivity index (χ0) is 17.0. The van der Waals surface area contributed by atoms with Gasteiger partial charge in [0.05, 0.1) is 0 Å². The predicted molar refractivity (Wildman–Crippen MR) is 88.1 cm³/mol. The Bertz CT molecular complexity index is 519. The van der Waals surface area contributed by atoms with Crippen molar-refractivity contribution in [1.29, 1.82) is 0 Å². The Morgan fingerprint density at radius 3 is 2.48 bits per heavy atom. The Hall–Kier alpha value is -1.56. The van der Waals surface area contributed by atoms with Crippen LogP contribution in [0.15, 0.2) is 12.4 Å². The van der Waals surface area contributed by atoms with Crippen molar-refractivity contribution >= 4 is 6.09 Å². The second-order valence-electron chi connectivity index (χ2n) is 6.87. The van der Waals surface area contributed by atoms with Gasteiger partial charge in [-0.2, -0.15) is 0 Å². The maximum Gasteiger partial charge on any atom is 0.410 e. The molecule has 2 rings (SSSR count). The number of likely N-dealkylation sites (tertiary alicyclic amines) is 1. The van der Waals surface area contributed by atoms with Crippen molar-refractivity contribution in [2.24, 2.45) is 13.0 Å². The number of ether oxygens (including phenoxy) is 2. The fourth-order valence-electron chi connectivity index (χ4n) is 3.33. The molecule has 2 heterocycles. The summed E-state index contributed by atoms with van der Waals surface area (Å²) >= 11 is 0.